The number of carbonyl (C=O) groups is 1. The molecule has 10 heteroatoms. The minimum atomic E-state index is -3.93. The molecule has 1 fully saturated rings. The van der Waals surface area contributed by atoms with Gasteiger partial charge in [-0.1, -0.05) is 29.8 Å². The van der Waals surface area contributed by atoms with Gasteiger partial charge in [0.15, 0.2) is 0 Å². The first-order valence-corrected chi connectivity index (χ1v) is 18.1. The third kappa shape index (κ3) is 6.64. The molecule has 2 aliphatic carbocycles. The molecule has 2 aliphatic heterocycles. The Kier molecular flexibility index (Phi) is 9.53. The molecule has 8 nitrogen and oxygen atoms in total. The standard InChI is InChI=1S/C35H45ClN2O6S/c1-23-17-24(14-16-42-2)6-12-32(43-3)29-10-7-27(29)20-38-21-35(15-4-5-25-18-28(36)9-11-30(25)35)22-44-33-13-8-26(19-31(33)38)34(39)37-45(23,40)41/h6,8-9,11-13,18-19,23-24,27,29,32H,4-5,7,10,14-17,20-22H2,1-3H3,(H,37,39)/b12-6-/t23-,24-,27+,29-,32+,35+/m1/s1. The summed E-state index contributed by atoms with van der Waals surface area (Å²) in [5.41, 5.74) is 3.43. The average molecular weight is 657 g/mol. The lowest BCUT2D eigenvalue weighted by atomic mass is 9.68. The molecule has 2 heterocycles. The van der Waals surface area contributed by atoms with Crippen LogP contribution >= 0.6 is 11.6 Å². The lowest BCUT2D eigenvalue weighted by molar-refractivity contribution is 0.0129. The molecule has 1 spiro atoms. The molecule has 2 aromatic carbocycles. The van der Waals surface area contributed by atoms with Gasteiger partial charge in [0.25, 0.3) is 5.91 Å². The minimum absolute atomic E-state index is 0.0379. The molecule has 4 aliphatic rings. The highest BCUT2D eigenvalue weighted by Crippen LogP contribution is 2.47. The number of amides is 1. The number of benzene rings is 2. The van der Waals surface area contributed by atoms with Crippen LogP contribution in [-0.2, 0) is 31.3 Å². The van der Waals surface area contributed by atoms with Gasteiger partial charge in [-0.25, -0.2) is 13.1 Å². The van der Waals surface area contributed by atoms with Crippen molar-refractivity contribution in [3.63, 3.8) is 0 Å². The van der Waals surface area contributed by atoms with Crippen LogP contribution in [0.25, 0.3) is 0 Å². The van der Waals surface area contributed by atoms with Crippen molar-refractivity contribution < 1.29 is 27.4 Å². The number of anilines is 1. The molecule has 0 unspecified atom stereocenters. The molecule has 1 N–H and O–H groups in total. The van der Waals surface area contributed by atoms with E-state index >= 15 is 0 Å². The fourth-order valence-corrected chi connectivity index (χ4v) is 9.13. The van der Waals surface area contributed by atoms with E-state index in [2.05, 4.69) is 33.9 Å². The average Bonchev–Trinajstić information content (AvgIpc) is 3.15. The number of carbonyl (C=O) groups excluding carboxylic acids is 1. The van der Waals surface area contributed by atoms with E-state index in [-0.39, 0.29) is 17.4 Å². The number of nitrogens with one attached hydrogen (secondary N) is 1. The Hall–Kier alpha value is -2.59. The summed E-state index contributed by atoms with van der Waals surface area (Å²) < 4.78 is 47.1. The molecule has 2 aromatic rings. The number of halogens is 1. The Balaban J connectivity index is 1.41. The first-order chi connectivity index (χ1) is 21.6. The molecule has 1 saturated carbocycles. The zero-order valence-corrected chi connectivity index (χ0v) is 28.0. The van der Waals surface area contributed by atoms with E-state index in [0.717, 1.165) is 55.9 Å². The fourth-order valence-electron chi connectivity index (χ4n) is 7.86. The molecule has 0 radical (unpaired) electrons. The summed E-state index contributed by atoms with van der Waals surface area (Å²) in [6, 6.07) is 11.5. The van der Waals surface area contributed by atoms with Gasteiger partial charge in [0.05, 0.1) is 23.6 Å². The summed E-state index contributed by atoms with van der Waals surface area (Å²) >= 11 is 6.42. The van der Waals surface area contributed by atoms with Crippen LogP contribution in [0.4, 0.5) is 5.69 Å². The summed E-state index contributed by atoms with van der Waals surface area (Å²) in [7, 11) is -0.526. The van der Waals surface area contributed by atoms with Crippen LogP contribution in [0.3, 0.4) is 0 Å². The van der Waals surface area contributed by atoms with Crippen molar-refractivity contribution in [2.24, 2.45) is 17.8 Å². The molecule has 2 bridgehead atoms. The van der Waals surface area contributed by atoms with Crippen molar-refractivity contribution in [2.75, 3.05) is 45.4 Å². The van der Waals surface area contributed by atoms with Gasteiger partial charge in [-0.2, -0.15) is 0 Å². The van der Waals surface area contributed by atoms with Gasteiger partial charge >= 0.3 is 0 Å². The Morgan fingerprint density at radius 1 is 1.13 bits per heavy atom. The third-order valence-corrected chi connectivity index (χ3v) is 12.5. The lowest BCUT2D eigenvalue weighted by Gasteiger charge is -2.46. The van der Waals surface area contributed by atoms with Crippen LogP contribution in [0, 0.1) is 17.8 Å². The predicted octanol–water partition coefficient (Wildman–Crippen LogP) is 5.92. The van der Waals surface area contributed by atoms with Crippen LogP contribution in [-0.4, -0.2) is 66.2 Å². The topological polar surface area (TPSA) is 94.2 Å². The highest BCUT2D eigenvalue weighted by atomic mass is 35.5. The maximum absolute atomic E-state index is 13.5. The van der Waals surface area contributed by atoms with Gasteiger partial charge in [0.2, 0.25) is 10.0 Å². The summed E-state index contributed by atoms with van der Waals surface area (Å²) in [6.07, 6.45) is 10.4. The molecule has 0 aromatic heterocycles. The van der Waals surface area contributed by atoms with Crippen molar-refractivity contribution in [1.82, 2.24) is 4.72 Å². The number of nitrogens with zero attached hydrogens (tertiary/aromatic N) is 1. The molecular formula is C35H45ClN2O6S. The van der Waals surface area contributed by atoms with Crippen molar-refractivity contribution >= 4 is 33.2 Å². The highest BCUT2D eigenvalue weighted by molar-refractivity contribution is 7.90. The number of sulfonamides is 1. The zero-order chi connectivity index (χ0) is 31.8. The van der Waals surface area contributed by atoms with Crippen molar-refractivity contribution in [2.45, 2.75) is 68.6 Å². The van der Waals surface area contributed by atoms with E-state index in [0.29, 0.717) is 49.2 Å². The molecule has 45 heavy (non-hydrogen) atoms. The second-order valence-electron chi connectivity index (χ2n) is 13.4. The highest BCUT2D eigenvalue weighted by Gasteiger charge is 2.44. The van der Waals surface area contributed by atoms with Crippen LogP contribution in [0.15, 0.2) is 48.6 Å². The van der Waals surface area contributed by atoms with Crippen molar-refractivity contribution in [3.8, 4) is 5.75 Å². The minimum Gasteiger partial charge on any atom is -0.490 e. The third-order valence-electron chi connectivity index (χ3n) is 10.6. The normalized spacial score (nSPS) is 31.9. The summed E-state index contributed by atoms with van der Waals surface area (Å²) in [6.45, 7) is 4.20. The summed E-state index contributed by atoms with van der Waals surface area (Å²) in [4.78, 5) is 15.9. The molecular weight excluding hydrogens is 612 g/mol. The van der Waals surface area contributed by atoms with Gasteiger partial charge in [0.1, 0.15) is 5.75 Å². The zero-order valence-electron chi connectivity index (χ0n) is 26.5. The molecule has 0 saturated heterocycles. The van der Waals surface area contributed by atoms with Crippen LogP contribution in [0.1, 0.15) is 66.9 Å². The Morgan fingerprint density at radius 2 is 1.98 bits per heavy atom. The van der Waals surface area contributed by atoms with Gasteiger partial charge in [-0.15, -0.1) is 0 Å². The van der Waals surface area contributed by atoms with Crippen LogP contribution in [0.2, 0.25) is 5.02 Å². The number of aryl methyl sites for hydroxylation is 1. The van der Waals surface area contributed by atoms with Crippen molar-refractivity contribution in [1.29, 1.82) is 0 Å². The van der Waals surface area contributed by atoms with E-state index in [1.165, 1.54) is 11.1 Å². The SMILES string of the molecule is COCC[C@H]1/C=C\[C@H](OC)[C@@H]2CC[C@H]2CN2C[C@@]3(CCCc4cc(Cl)ccc43)COc3ccc(cc32)C(=O)NS(=O)(=O)[C@H](C)C1. The largest absolute Gasteiger partial charge is 0.490 e. The van der Waals surface area contributed by atoms with E-state index in [4.69, 9.17) is 25.8 Å². The van der Waals surface area contributed by atoms with E-state index < -0.39 is 21.2 Å². The maximum atomic E-state index is 13.5. The number of ether oxygens (including phenoxy) is 3. The number of hydrogen-bond acceptors (Lipinski definition) is 7. The summed E-state index contributed by atoms with van der Waals surface area (Å²) in [5.74, 6) is 0.762. The summed E-state index contributed by atoms with van der Waals surface area (Å²) in [5, 5.41) is -0.0345. The van der Waals surface area contributed by atoms with Gasteiger partial charge < -0.3 is 19.1 Å². The smallest absolute Gasteiger partial charge is 0.264 e. The monoisotopic (exact) mass is 656 g/mol. The number of allylic oxidation sites excluding steroid dienone is 1. The Labute approximate surface area is 272 Å². The van der Waals surface area contributed by atoms with E-state index in [9.17, 15) is 13.2 Å². The second-order valence-corrected chi connectivity index (χ2v) is 16.0. The molecule has 6 atom stereocenters. The van der Waals surface area contributed by atoms with Crippen molar-refractivity contribution in [3.05, 3.63) is 70.3 Å². The van der Waals surface area contributed by atoms with Crippen LogP contribution < -0.4 is 14.4 Å². The number of hydrogen-bond donors (Lipinski definition) is 1. The van der Waals surface area contributed by atoms with Crippen LogP contribution in [0.5, 0.6) is 5.75 Å². The maximum Gasteiger partial charge on any atom is 0.264 e. The number of rotatable bonds is 4. The second kappa shape index (κ2) is 13.3. The number of methoxy groups -OCH3 is 2. The van der Waals surface area contributed by atoms with Gasteiger partial charge in [-0.05, 0) is 111 Å². The molecule has 1 amide bonds. The number of fused-ring (bicyclic) bond motifs is 4. The van der Waals surface area contributed by atoms with Gasteiger partial charge in [-0.3, -0.25) is 4.79 Å². The molecule has 6 rings (SSSR count). The first kappa shape index (κ1) is 32.4. The van der Waals surface area contributed by atoms with E-state index in [1.807, 2.05) is 18.2 Å². The first-order valence-electron chi connectivity index (χ1n) is 16.2. The lowest BCUT2D eigenvalue weighted by Crippen LogP contribution is -2.49. The quantitative estimate of drug-likeness (QED) is 0.409. The molecule has 244 valence electrons. The predicted molar refractivity (Wildman–Crippen MR) is 177 cm³/mol. The fraction of sp³-hybridized carbons (Fsp3) is 0.571. The van der Waals surface area contributed by atoms with E-state index in [1.54, 1.807) is 27.2 Å². The Morgan fingerprint density at radius 3 is 2.73 bits per heavy atom. The Bertz CT molecular complexity index is 1550. The van der Waals surface area contributed by atoms with Gasteiger partial charge in [0, 0.05) is 49.9 Å².